The number of fused-ring (bicyclic) bond motifs is 7. The fraction of sp³-hybridized carbons (Fsp3) is 0.279. The lowest BCUT2D eigenvalue weighted by molar-refractivity contribution is 0.664. The van der Waals surface area contributed by atoms with E-state index in [1.165, 1.54) is 27.8 Å². The summed E-state index contributed by atoms with van der Waals surface area (Å²) < 4.78 is 67.9. The molecule has 3 heterocycles. The van der Waals surface area contributed by atoms with Crippen molar-refractivity contribution in [1.29, 1.82) is 5.26 Å². The topological polar surface area (TPSA) is 67.9 Å². The molecule has 0 saturated heterocycles. The van der Waals surface area contributed by atoms with E-state index in [0.717, 1.165) is 38.7 Å². The van der Waals surface area contributed by atoms with E-state index in [0.29, 0.717) is 78.8 Å². The average molecular weight is 872 g/mol. The van der Waals surface area contributed by atoms with Crippen LogP contribution in [-0.2, 0) is 0 Å². The highest BCUT2D eigenvalue weighted by Gasteiger charge is 2.28. The number of rotatable bonds is 9. The summed E-state index contributed by atoms with van der Waals surface area (Å²) in [5, 5.41) is 12.1. The molecule has 0 saturated carbocycles. The van der Waals surface area contributed by atoms with Gasteiger partial charge in [0.15, 0.2) is 0 Å². The van der Waals surface area contributed by atoms with Gasteiger partial charge in [-0.25, -0.2) is 4.98 Å². The van der Waals surface area contributed by atoms with Crippen LogP contribution in [-0.4, -0.2) is 9.55 Å². The number of hydrogen-bond donors (Lipinski definition) is 0. The third-order valence-electron chi connectivity index (χ3n) is 13.5. The summed E-state index contributed by atoms with van der Waals surface area (Å²) in [5.41, 5.74) is 15.5. The fourth-order valence-corrected chi connectivity index (χ4v) is 10.0. The molecule has 7 aromatic carbocycles. The number of nitriles is 1. The Morgan fingerprint density at radius 1 is 0.561 bits per heavy atom. The zero-order chi connectivity index (χ0) is 51.5. The minimum atomic E-state index is -2.53. The van der Waals surface area contributed by atoms with Gasteiger partial charge in [-0.05, 0) is 159 Å². The lowest BCUT2D eigenvalue weighted by Crippen LogP contribution is -2.10. The van der Waals surface area contributed by atoms with Gasteiger partial charge in [0, 0.05) is 29.8 Å². The van der Waals surface area contributed by atoms with Crippen LogP contribution >= 0.6 is 0 Å². The van der Waals surface area contributed by atoms with E-state index < -0.39 is 13.7 Å². The first-order valence-electron chi connectivity index (χ1n) is 26.3. The molecule has 0 N–H and O–H groups in total. The van der Waals surface area contributed by atoms with Crippen LogP contribution in [0.1, 0.15) is 152 Å². The van der Waals surface area contributed by atoms with E-state index in [4.69, 9.17) is 22.0 Å². The van der Waals surface area contributed by atoms with Gasteiger partial charge in [0.05, 0.1) is 33.9 Å². The molecule has 0 atom stereocenters. The Hall–Kier alpha value is -6.90. The summed E-state index contributed by atoms with van der Waals surface area (Å²) in [6.45, 7) is 17.2. The molecule has 66 heavy (non-hydrogen) atoms. The van der Waals surface area contributed by atoms with Crippen LogP contribution in [0.25, 0.3) is 94.2 Å². The second kappa shape index (κ2) is 16.2. The molecule has 0 aliphatic heterocycles. The average Bonchev–Trinajstić information content (AvgIpc) is 4.02. The minimum Gasteiger partial charge on any atom is -0.456 e. The van der Waals surface area contributed by atoms with Crippen molar-refractivity contribution < 1.29 is 17.1 Å². The van der Waals surface area contributed by atoms with Crippen molar-refractivity contribution in [2.45, 2.75) is 113 Å². The van der Waals surface area contributed by atoms with Crippen LogP contribution in [0.15, 0.2) is 118 Å². The van der Waals surface area contributed by atoms with Crippen LogP contribution in [0.2, 0.25) is 0 Å². The maximum atomic E-state index is 9.58. The summed E-state index contributed by atoms with van der Waals surface area (Å²) in [4.78, 5) is 5.29. The lowest BCUT2D eigenvalue weighted by Gasteiger charge is -2.25. The first-order chi connectivity index (χ1) is 34.0. The normalized spacial score (nSPS) is 14.0. The van der Waals surface area contributed by atoms with Gasteiger partial charge >= 0.3 is 0 Å². The van der Waals surface area contributed by atoms with Crippen LogP contribution in [0.4, 0.5) is 0 Å². The maximum Gasteiger partial charge on any atom is 0.149 e. The van der Waals surface area contributed by atoms with E-state index in [-0.39, 0.29) is 23.0 Å². The molecule has 0 fully saturated rings. The Kier molecular flexibility index (Phi) is 8.92. The molecule has 0 aliphatic carbocycles. The molecule has 0 amide bonds. The zero-order valence-corrected chi connectivity index (χ0v) is 39.4. The molecule has 0 spiro atoms. The van der Waals surface area contributed by atoms with Gasteiger partial charge in [0.25, 0.3) is 0 Å². The fourth-order valence-electron chi connectivity index (χ4n) is 10.0. The quantitative estimate of drug-likeness (QED) is 0.145. The molecular formula is C61H59N3O2. The second-order valence-electron chi connectivity index (χ2n) is 19.6. The van der Waals surface area contributed by atoms with Crippen molar-refractivity contribution in [3.8, 4) is 45.4 Å². The van der Waals surface area contributed by atoms with Crippen molar-refractivity contribution in [3.63, 3.8) is 0 Å². The highest BCUT2D eigenvalue weighted by molar-refractivity contribution is 6.17. The SMILES string of the molecule is [2H]C([2H])([2H])c1ccc(-c2nc3cccc(C([2H])([2H])[2H])c3n2-c2c(C(C)C)cc(-c3ccc(-c4c(C(C)C)cc(C(C)C)cc4C(C)C)cc3)cc2C(C)C)c2oc3cc4c(cc3c12)oc1cc(C#N)ccc14. The Labute approximate surface area is 397 Å². The molecule has 0 bridgehead atoms. The van der Waals surface area contributed by atoms with Gasteiger partial charge in [0.1, 0.15) is 28.2 Å². The monoisotopic (exact) mass is 871 g/mol. The van der Waals surface area contributed by atoms with Gasteiger partial charge in [-0.2, -0.15) is 5.26 Å². The maximum absolute atomic E-state index is 9.58. The molecule has 0 unspecified atom stereocenters. The Bertz CT molecular complexity index is 3780. The van der Waals surface area contributed by atoms with Crippen LogP contribution in [0.3, 0.4) is 0 Å². The summed E-state index contributed by atoms with van der Waals surface area (Å²) in [5.74, 6) is 1.48. The van der Waals surface area contributed by atoms with Gasteiger partial charge in [-0.15, -0.1) is 0 Å². The van der Waals surface area contributed by atoms with Gasteiger partial charge in [-0.3, -0.25) is 4.57 Å². The smallest absolute Gasteiger partial charge is 0.149 e. The van der Waals surface area contributed by atoms with Gasteiger partial charge < -0.3 is 8.83 Å². The van der Waals surface area contributed by atoms with Crippen molar-refractivity contribution in [2.24, 2.45) is 0 Å². The third-order valence-corrected chi connectivity index (χ3v) is 13.5. The summed E-state index contributed by atoms with van der Waals surface area (Å²) in [6.07, 6.45) is 0. The molecule has 10 aromatic rings. The number of aromatic nitrogens is 2. The molecule has 5 heteroatoms. The number of imidazole rings is 1. The first kappa shape index (κ1) is 36.3. The standard InChI is InChI=1S/C61H59N3O2/c1-32(2)42-25-46(33(3)4)57(47(26-42)34(5)6)41-20-18-40(19-21-41)43-27-48(35(7)8)59(49(28-43)36(9)10)64-58-38(12)14-13-15-52(58)63-61(64)45-22-16-37(11)56-51-30-54-50(29-55(51)66-60(45)56)44-23-17-39(31-62)24-53(44)65-54/h13-30,32-36H,1-12H3/i11D3,12D3. The molecule has 10 rings (SSSR count). The Morgan fingerprint density at radius 3 is 1.80 bits per heavy atom. The Morgan fingerprint density at radius 2 is 1.18 bits per heavy atom. The first-order valence-corrected chi connectivity index (χ1v) is 23.3. The van der Waals surface area contributed by atoms with Crippen molar-refractivity contribution in [2.75, 3.05) is 0 Å². The summed E-state index contributed by atoms with van der Waals surface area (Å²) in [7, 11) is 0. The Balaban J connectivity index is 1.23. The van der Waals surface area contributed by atoms with Crippen LogP contribution < -0.4 is 0 Å². The van der Waals surface area contributed by atoms with E-state index in [1.54, 1.807) is 36.4 Å². The summed E-state index contributed by atoms with van der Waals surface area (Å²) >= 11 is 0. The largest absolute Gasteiger partial charge is 0.456 e. The highest BCUT2D eigenvalue weighted by atomic mass is 16.3. The third kappa shape index (κ3) is 6.92. The molecule has 3 aromatic heterocycles. The molecule has 0 radical (unpaired) electrons. The van der Waals surface area contributed by atoms with Gasteiger partial charge in [-0.1, -0.05) is 124 Å². The number of benzene rings is 7. The van der Waals surface area contributed by atoms with Crippen molar-refractivity contribution in [3.05, 3.63) is 154 Å². The zero-order valence-electron chi connectivity index (χ0n) is 45.4. The minimum absolute atomic E-state index is 0.0257. The number of aryl methyl sites for hydroxylation is 2. The number of para-hydroxylation sites is 1. The number of nitrogens with zero attached hydrogens (tertiary/aromatic N) is 3. The lowest BCUT2D eigenvalue weighted by atomic mass is 9.81. The molecule has 0 aliphatic rings. The highest BCUT2D eigenvalue weighted by Crippen LogP contribution is 2.46. The number of hydrogen-bond acceptors (Lipinski definition) is 4. The van der Waals surface area contributed by atoms with Gasteiger partial charge in [0.2, 0.25) is 0 Å². The van der Waals surface area contributed by atoms with Crippen LogP contribution in [0.5, 0.6) is 0 Å². The second-order valence-corrected chi connectivity index (χ2v) is 19.6. The van der Waals surface area contributed by atoms with Crippen LogP contribution in [0, 0.1) is 25.0 Å². The van der Waals surface area contributed by atoms with E-state index in [9.17, 15) is 5.26 Å². The molecular weight excluding hydrogens is 807 g/mol. The van der Waals surface area contributed by atoms with E-state index >= 15 is 0 Å². The number of furan rings is 2. The van der Waals surface area contributed by atoms with Crippen molar-refractivity contribution >= 4 is 54.9 Å². The summed E-state index contributed by atoms with van der Waals surface area (Å²) in [6, 6.07) is 37.9. The predicted octanol–water partition coefficient (Wildman–Crippen LogP) is 17.9. The van der Waals surface area contributed by atoms with E-state index in [2.05, 4.69) is 124 Å². The van der Waals surface area contributed by atoms with Crippen molar-refractivity contribution in [1.82, 2.24) is 9.55 Å². The predicted molar refractivity (Wildman–Crippen MR) is 277 cm³/mol. The molecule has 330 valence electrons. The molecule has 5 nitrogen and oxygen atoms in total. The van der Waals surface area contributed by atoms with E-state index in [1.807, 2.05) is 28.8 Å².